The average molecular weight is 749 g/mol. The Morgan fingerprint density at radius 1 is 0.839 bits per heavy atom. The second-order valence-electron chi connectivity index (χ2n) is 15.4. The van der Waals surface area contributed by atoms with Crippen molar-refractivity contribution < 1.29 is 19.1 Å². The molecule has 0 aliphatic carbocycles. The number of likely N-dealkylation sites (tertiary alicyclic amines) is 1. The summed E-state index contributed by atoms with van der Waals surface area (Å²) in [6.07, 6.45) is 7.89. The van der Waals surface area contributed by atoms with Crippen molar-refractivity contribution in [2.75, 3.05) is 18.6 Å². The van der Waals surface area contributed by atoms with Crippen LogP contribution in [0.25, 0.3) is 44.7 Å². The van der Waals surface area contributed by atoms with Gasteiger partial charge in [0.05, 0.1) is 53.5 Å². The second-order valence-corrected chi connectivity index (χ2v) is 15.4. The molecule has 3 aromatic carbocycles. The van der Waals surface area contributed by atoms with Gasteiger partial charge in [0, 0.05) is 36.7 Å². The van der Waals surface area contributed by atoms with Crippen molar-refractivity contribution in [1.82, 2.24) is 35.1 Å². The molecule has 1 saturated heterocycles. The summed E-state index contributed by atoms with van der Waals surface area (Å²) in [5.41, 5.74) is 11.0. The van der Waals surface area contributed by atoms with Crippen molar-refractivity contribution in [1.29, 1.82) is 0 Å². The number of imidazole rings is 2. The van der Waals surface area contributed by atoms with Crippen LogP contribution in [-0.4, -0.2) is 67.4 Å². The number of hydrogen-bond donors (Lipinski definition) is 3. The van der Waals surface area contributed by atoms with Gasteiger partial charge in [0.25, 0.3) is 0 Å². The minimum absolute atomic E-state index is 0.103. The Bertz CT molecular complexity index is 2450. The highest BCUT2D eigenvalue weighted by Gasteiger charge is 2.40. The highest BCUT2D eigenvalue weighted by atomic mass is 16.5. The number of H-pyrrole nitrogens is 2. The van der Waals surface area contributed by atoms with Crippen molar-refractivity contribution in [3.63, 3.8) is 0 Å². The quantitative estimate of drug-likeness (QED) is 0.145. The first kappa shape index (κ1) is 35.4. The molecule has 9 rings (SSSR count). The monoisotopic (exact) mass is 748 g/mol. The van der Waals surface area contributed by atoms with E-state index in [1.54, 1.807) is 0 Å². The number of anilines is 1. The third-order valence-corrected chi connectivity index (χ3v) is 11.5. The molecule has 0 saturated carbocycles. The number of amides is 3. The molecule has 6 heterocycles. The van der Waals surface area contributed by atoms with Gasteiger partial charge in [0.2, 0.25) is 11.8 Å². The van der Waals surface area contributed by atoms with E-state index in [0.29, 0.717) is 13.0 Å². The van der Waals surface area contributed by atoms with Crippen LogP contribution in [0.4, 0.5) is 10.5 Å². The van der Waals surface area contributed by atoms with Gasteiger partial charge in [0.15, 0.2) is 0 Å². The smallest absolute Gasteiger partial charge is 0.407 e. The van der Waals surface area contributed by atoms with Crippen molar-refractivity contribution in [3.05, 3.63) is 108 Å². The van der Waals surface area contributed by atoms with Gasteiger partial charge in [-0.25, -0.2) is 14.8 Å². The summed E-state index contributed by atoms with van der Waals surface area (Å²) in [5, 5.41) is 2.71. The van der Waals surface area contributed by atoms with Crippen LogP contribution in [0.15, 0.2) is 85.2 Å². The fraction of sp³-hybridized carbons (Fsp3) is 0.318. The number of ether oxygens (including phenoxy) is 1. The van der Waals surface area contributed by atoms with Gasteiger partial charge in [-0.1, -0.05) is 68.4 Å². The molecule has 3 N–H and O–H groups in total. The molecule has 3 aliphatic heterocycles. The summed E-state index contributed by atoms with van der Waals surface area (Å²) < 4.78 is 4.77. The molecule has 3 aliphatic rings. The minimum atomic E-state index is -0.686. The number of aryl methyl sites for hydroxylation is 1. The summed E-state index contributed by atoms with van der Waals surface area (Å²) in [6, 6.07) is 23.9. The Morgan fingerprint density at radius 3 is 2.41 bits per heavy atom. The molecule has 6 aromatic rings. The van der Waals surface area contributed by atoms with Gasteiger partial charge in [-0.05, 0) is 72.1 Å². The highest BCUT2D eigenvalue weighted by molar-refractivity contribution is 5.98. The lowest BCUT2D eigenvalue weighted by molar-refractivity contribution is -0.135. The van der Waals surface area contributed by atoms with Crippen LogP contribution >= 0.6 is 0 Å². The van der Waals surface area contributed by atoms with Crippen molar-refractivity contribution in [2.24, 2.45) is 5.92 Å². The van der Waals surface area contributed by atoms with Gasteiger partial charge in [0.1, 0.15) is 17.7 Å². The summed E-state index contributed by atoms with van der Waals surface area (Å²) in [4.78, 5) is 64.1. The summed E-state index contributed by atoms with van der Waals surface area (Å²) in [6.45, 7) is 4.41. The fourth-order valence-corrected chi connectivity index (χ4v) is 8.61. The Labute approximate surface area is 324 Å². The maximum absolute atomic E-state index is 13.6. The second kappa shape index (κ2) is 14.4. The number of fused-ring (bicyclic) bond motifs is 1. The minimum Gasteiger partial charge on any atom is -0.453 e. The van der Waals surface area contributed by atoms with E-state index < -0.39 is 12.1 Å². The van der Waals surface area contributed by atoms with E-state index in [-0.39, 0.29) is 29.8 Å². The Hall–Kier alpha value is -6.30. The third-order valence-electron chi connectivity index (χ3n) is 11.5. The van der Waals surface area contributed by atoms with E-state index in [2.05, 4.69) is 63.8 Å². The van der Waals surface area contributed by atoms with E-state index in [1.165, 1.54) is 18.2 Å². The number of pyridine rings is 1. The number of aromatic nitrogens is 5. The van der Waals surface area contributed by atoms with Crippen LogP contribution in [0.1, 0.15) is 74.4 Å². The highest BCUT2D eigenvalue weighted by Crippen LogP contribution is 2.44. The van der Waals surface area contributed by atoms with Crippen LogP contribution in [0.5, 0.6) is 0 Å². The molecule has 0 spiro atoms. The predicted octanol–water partition coefficient (Wildman–Crippen LogP) is 7.69. The topological polar surface area (TPSA) is 149 Å². The largest absolute Gasteiger partial charge is 0.453 e. The Kier molecular flexibility index (Phi) is 9.11. The molecule has 12 nitrogen and oxygen atoms in total. The number of carbonyl (C=O) groups excluding carboxylic acids is 3. The number of nitrogens with zero attached hydrogens (tertiary/aromatic N) is 5. The molecule has 3 atom stereocenters. The molecular weight excluding hydrogens is 705 g/mol. The number of alkyl carbamates (subject to hydrolysis) is 1. The Balaban J connectivity index is 0.889. The first-order chi connectivity index (χ1) is 27.2. The number of aromatic amines is 2. The van der Waals surface area contributed by atoms with Crippen molar-refractivity contribution in [3.8, 4) is 33.6 Å². The van der Waals surface area contributed by atoms with Gasteiger partial charge >= 0.3 is 6.09 Å². The number of methoxy groups -OCH3 is 1. The van der Waals surface area contributed by atoms with Crippen LogP contribution in [0, 0.1) is 5.92 Å². The number of benzene rings is 3. The predicted molar refractivity (Wildman–Crippen MR) is 214 cm³/mol. The van der Waals surface area contributed by atoms with E-state index in [9.17, 15) is 14.4 Å². The lowest BCUT2D eigenvalue weighted by Crippen LogP contribution is -2.51. The van der Waals surface area contributed by atoms with E-state index in [1.807, 2.05) is 60.3 Å². The lowest BCUT2D eigenvalue weighted by Gasteiger charge is -2.29. The third kappa shape index (κ3) is 6.38. The van der Waals surface area contributed by atoms with E-state index in [4.69, 9.17) is 19.7 Å². The molecule has 3 amide bonds. The zero-order valence-electron chi connectivity index (χ0n) is 31.7. The fourth-order valence-electron chi connectivity index (χ4n) is 8.61. The average Bonchev–Trinajstić information content (AvgIpc) is 4.03. The molecule has 284 valence electrons. The summed E-state index contributed by atoms with van der Waals surface area (Å²) >= 11 is 0. The van der Waals surface area contributed by atoms with Crippen molar-refractivity contribution in [2.45, 2.75) is 70.5 Å². The maximum Gasteiger partial charge on any atom is 0.407 e. The molecule has 3 aromatic heterocycles. The number of nitrogens with one attached hydrogen (secondary N) is 3. The lowest BCUT2D eigenvalue weighted by atomic mass is 10.0. The van der Waals surface area contributed by atoms with Crippen LogP contribution in [0.2, 0.25) is 0 Å². The zero-order chi connectivity index (χ0) is 38.5. The number of hydrogen-bond acceptors (Lipinski definition) is 7. The molecule has 0 unspecified atom stereocenters. The molecule has 12 heteroatoms. The van der Waals surface area contributed by atoms with Crippen LogP contribution < -0.4 is 10.2 Å². The van der Waals surface area contributed by atoms with E-state index in [0.717, 1.165) is 94.1 Å². The zero-order valence-corrected chi connectivity index (χ0v) is 31.7. The standard InChI is InChI=1S/C44H44N8O4/c1-25(2)39(50-44(55)56-3)43(54)51-20-6-10-36(51)42-47-33-19-16-29(21-34(33)48-42)32-18-17-31(23-45-32)26-12-14-27(15-13-26)35-24-46-41(49-35)37-22-30-9-4-7-28-8-5-11-38(53)52(37)40(28)30/h4,7,9,12-19,21,23-25,36-37,39H,5-6,8,10-11,20,22H2,1-3H3,(H,46,49)(H,47,48)(H,50,55)/t36-,37-,39-/m0/s1. The number of rotatable bonds is 8. The van der Waals surface area contributed by atoms with Gasteiger partial charge in [-0.15, -0.1) is 0 Å². The molecular formula is C44H44N8O4. The van der Waals surface area contributed by atoms with Crippen LogP contribution in [-0.2, 0) is 27.2 Å². The summed E-state index contributed by atoms with van der Waals surface area (Å²) in [5.74, 6) is 1.48. The SMILES string of the molecule is COC(=O)N[C@H](C(=O)N1CCC[C@H]1c1nc2ccc(-c3ccc(-c4ccc(-c5cnc([C@@H]6Cc7cccc8c7N6C(=O)CCC8)[nH]5)cc4)cn3)cc2[nH]1)C(C)C. The molecule has 1 fully saturated rings. The molecule has 0 bridgehead atoms. The number of para-hydroxylation sites is 1. The molecule has 56 heavy (non-hydrogen) atoms. The Morgan fingerprint density at radius 2 is 1.62 bits per heavy atom. The normalized spacial score (nSPS) is 18.3. The molecule has 0 radical (unpaired) electrons. The van der Waals surface area contributed by atoms with Crippen LogP contribution in [0.3, 0.4) is 0 Å². The maximum atomic E-state index is 13.6. The van der Waals surface area contributed by atoms with Crippen molar-refractivity contribution >= 4 is 34.6 Å². The van der Waals surface area contributed by atoms with Gasteiger partial charge in [-0.2, -0.15) is 0 Å². The van der Waals surface area contributed by atoms with Gasteiger partial charge in [-0.3, -0.25) is 14.6 Å². The summed E-state index contributed by atoms with van der Waals surface area (Å²) in [7, 11) is 1.30. The van der Waals surface area contributed by atoms with E-state index >= 15 is 0 Å². The number of carbonyl (C=O) groups is 3. The first-order valence-corrected chi connectivity index (χ1v) is 19.5. The van der Waals surface area contributed by atoms with Gasteiger partial charge < -0.3 is 29.8 Å². The first-order valence-electron chi connectivity index (χ1n) is 19.5.